The minimum atomic E-state index is -1.07. The van der Waals surface area contributed by atoms with Crippen molar-refractivity contribution in [3.63, 3.8) is 0 Å². The number of hydrogen-bond acceptors (Lipinski definition) is 3. The zero-order valence-corrected chi connectivity index (χ0v) is 15.3. The molecule has 4 nitrogen and oxygen atoms in total. The summed E-state index contributed by atoms with van der Waals surface area (Å²) in [6.07, 6.45) is 3.84. The smallest absolute Gasteiger partial charge is 0.410 e. The SMILES string of the molecule is CCOC(=O)N1CCCC2C1CCCC2(O)C#Cc1cccc(Cl)c1. The number of amides is 1. The molecule has 0 aromatic heterocycles. The Labute approximate surface area is 154 Å². The number of rotatable bonds is 1. The predicted molar refractivity (Wildman–Crippen MR) is 97.4 cm³/mol. The first-order chi connectivity index (χ1) is 12.0. The molecule has 3 unspecified atom stereocenters. The standard InChI is InChI=1S/C20H24ClNO3/c1-2-25-19(23)22-13-5-8-17-18(22)9-4-11-20(17,24)12-10-15-6-3-7-16(21)14-15/h3,6-7,14,17-18,24H,2,4-5,8-9,11,13H2,1H3. The minimum absolute atomic E-state index is 0.000196. The Kier molecular flexibility index (Phi) is 5.56. The van der Waals surface area contributed by atoms with E-state index in [4.69, 9.17) is 16.3 Å². The van der Waals surface area contributed by atoms with Gasteiger partial charge in [0, 0.05) is 29.1 Å². The van der Waals surface area contributed by atoms with E-state index < -0.39 is 5.60 Å². The van der Waals surface area contributed by atoms with Crippen molar-refractivity contribution in [1.82, 2.24) is 4.90 Å². The Balaban J connectivity index is 1.83. The van der Waals surface area contributed by atoms with Gasteiger partial charge in [-0.3, -0.25) is 0 Å². The topological polar surface area (TPSA) is 49.8 Å². The molecule has 2 aliphatic rings. The fraction of sp³-hybridized carbons (Fsp3) is 0.550. The number of fused-ring (bicyclic) bond motifs is 1. The van der Waals surface area contributed by atoms with Crippen LogP contribution in [0.15, 0.2) is 24.3 Å². The van der Waals surface area contributed by atoms with Crippen LogP contribution in [0.2, 0.25) is 5.02 Å². The van der Waals surface area contributed by atoms with Gasteiger partial charge >= 0.3 is 6.09 Å². The van der Waals surface area contributed by atoms with E-state index in [1.165, 1.54) is 0 Å². The van der Waals surface area contributed by atoms with E-state index in [1.54, 1.807) is 17.0 Å². The van der Waals surface area contributed by atoms with Gasteiger partial charge in [-0.15, -0.1) is 0 Å². The Morgan fingerprint density at radius 2 is 2.28 bits per heavy atom. The highest BCUT2D eigenvalue weighted by atomic mass is 35.5. The van der Waals surface area contributed by atoms with Crippen LogP contribution in [0.4, 0.5) is 4.79 Å². The summed E-state index contributed by atoms with van der Waals surface area (Å²) in [6, 6.07) is 7.33. The highest BCUT2D eigenvalue weighted by Crippen LogP contribution is 2.42. The Morgan fingerprint density at radius 3 is 3.04 bits per heavy atom. The number of carbonyl (C=O) groups excluding carboxylic acids is 1. The molecule has 2 fully saturated rings. The van der Waals surface area contributed by atoms with Gasteiger partial charge in [-0.05, 0) is 57.2 Å². The maximum Gasteiger partial charge on any atom is 0.410 e. The molecule has 1 aliphatic carbocycles. The Morgan fingerprint density at radius 1 is 1.44 bits per heavy atom. The molecule has 1 N–H and O–H groups in total. The lowest BCUT2D eigenvalue weighted by Gasteiger charge is -2.49. The van der Waals surface area contributed by atoms with Crippen molar-refractivity contribution in [2.75, 3.05) is 13.2 Å². The molecule has 0 bridgehead atoms. The van der Waals surface area contributed by atoms with Gasteiger partial charge in [0.05, 0.1) is 6.61 Å². The quantitative estimate of drug-likeness (QED) is 0.773. The van der Waals surface area contributed by atoms with Gasteiger partial charge in [-0.1, -0.05) is 29.5 Å². The maximum atomic E-state index is 12.3. The van der Waals surface area contributed by atoms with Crippen LogP contribution < -0.4 is 0 Å². The number of carbonyl (C=O) groups is 1. The molecule has 0 spiro atoms. The summed E-state index contributed by atoms with van der Waals surface area (Å²) in [4.78, 5) is 14.0. The first-order valence-electron chi connectivity index (χ1n) is 8.98. The zero-order chi connectivity index (χ0) is 17.9. The van der Waals surface area contributed by atoms with E-state index in [2.05, 4.69) is 11.8 Å². The monoisotopic (exact) mass is 361 g/mol. The van der Waals surface area contributed by atoms with Gasteiger partial charge < -0.3 is 14.7 Å². The molecular formula is C20H24ClNO3. The Bertz CT molecular complexity index is 696. The third-order valence-corrected chi connectivity index (χ3v) is 5.44. The summed E-state index contributed by atoms with van der Waals surface area (Å²) in [6.45, 7) is 2.87. The van der Waals surface area contributed by atoms with Crippen LogP contribution in [0.25, 0.3) is 0 Å². The first kappa shape index (κ1) is 18.1. The van der Waals surface area contributed by atoms with E-state index in [0.717, 1.165) is 31.2 Å². The average Bonchev–Trinajstić information content (AvgIpc) is 2.60. The second-order valence-corrected chi connectivity index (χ2v) is 7.22. The lowest BCUT2D eigenvalue weighted by molar-refractivity contribution is -0.0639. The third-order valence-electron chi connectivity index (χ3n) is 5.20. The van der Waals surface area contributed by atoms with Gasteiger partial charge in [0.25, 0.3) is 0 Å². The molecule has 3 atom stereocenters. The van der Waals surface area contributed by atoms with E-state index in [9.17, 15) is 9.90 Å². The molecule has 1 amide bonds. The van der Waals surface area contributed by atoms with Crippen molar-refractivity contribution < 1.29 is 14.6 Å². The largest absolute Gasteiger partial charge is 0.450 e. The Hall–Kier alpha value is -1.70. The van der Waals surface area contributed by atoms with Crippen LogP contribution in [0.5, 0.6) is 0 Å². The number of aliphatic hydroxyl groups is 1. The number of likely N-dealkylation sites (tertiary alicyclic amines) is 1. The molecule has 1 heterocycles. The number of hydrogen-bond donors (Lipinski definition) is 1. The van der Waals surface area contributed by atoms with Crippen LogP contribution in [-0.2, 0) is 4.74 Å². The summed E-state index contributed by atoms with van der Waals surface area (Å²) in [5.74, 6) is 6.14. The van der Waals surface area contributed by atoms with Gasteiger partial charge in [-0.25, -0.2) is 4.79 Å². The van der Waals surface area contributed by atoms with Crippen molar-refractivity contribution >= 4 is 17.7 Å². The number of benzene rings is 1. The fourth-order valence-electron chi connectivity index (χ4n) is 4.07. The molecule has 1 aromatic carbocycles. The van der Waals surface area contributed by atoms with E-state index in [1.807, 2.05) is 19.1 Å². The minimum Gasteiger partial charge on any atom is -0.450 e. The molecule has 1 aliphatic heterocycles. The lowest BCUT2D eigenvalue weighted by Crippen LogP contribution is -2.58. The molecule has 25 heavy (non-hydrogen) atoms. The summed E-state index contributed by atoms with van der Waals surface area (Å²) in [5.41, 5.74) is -0.280. The second-order valence-electron chi connectivity index (χ2n) is 6.79. The number of halogens is 1. The van der Waals surface area contributed by atoms with E-state index >= 15 is 0 Å². The fourth-order valence-corrected chi connectivity index (χ4v) is 4.26. The van der Waals surface area contributed by atoms with Gasteiger partial charge in [-0.2, -0.15) is 0 Å². The summed E-state index contributed by atoms with van der Waals surface area (Å²) < 4.78 is 5.20. The molecule has 5 heteroatoms. The molecular weight excluding hydrogens is 338 g/mol. The zero-order valence-electron chi connectivity index (χ0n) is 14.5. The molecule has 1 saturated heterocycles. The normalized spacial score (nSPS) is 28.5. The van der Waals surface area contributed by atoms with Gasteiger partial charge in [0.2, 0.25) is 0 Å². The highest BCUT2D eigenvalue weighted by Gasteiger charge is 2.48. The van der Waals surface area contributed by atoms with Gasteiger partial charge in [0.1, 0.15) is 5.60 Å². The van der Waals surface area contributed by atoms with Crippen molar-refractivity contribution in [1.29, 1.82) is 0 Å². The average molecular weight is 362 g/mol. The number of ether oxygens (including phenoxy) is 1. The third kappa shape index (κ3) is 3.94. The maximum absolute atomic E-state index is 12.3. The number of nitrogens with zero attached hydrogens (tertiary/aromatic N) is 1. The van der Waals surface area contributed by atoms with Crippen molar-refractivity contribution in [2.45, 2.75) is 50.7 Å². The first-order valence-corrected chi connectivity index (χ1v) is 9.36. The highest BCUT2D eigenvalue weighted by molar-refractivity contribution is 6.30. The molecule has 0 radical (unpaired) electrons. The van der Waals surface area contributed by atoms with Crippen LogP contribution in [0.1, 0.15) is 44.6 Å². The molecule has 3 rings (SSSR count). The summed E-state index contributed by atoms with van der Waals surface area (Å²) >= 11 is 6.01. The molecule has 134 valence electrons. The van der Waals surface area contributed by atoms with Crippen LogP contribution in [0.3, 0.4) is 0 Å². The molecule has 1 saturated carbocycles. The predicted octanol–water partition coefficient (Wildman–Crippen LogP) is 3.84. The van der Waals surface area contributed by atoms with Crippen LogP contribution >= 0.6 is 11.6 Å². The summed E-state index contributed by atoms with van der Waals surface area (Å²) in [5, 5.41) is 11.9. The lowest BCUT2D eigenvalue weighted by atomic mass is 9.68. The molecule has 1 aromatic rings. The van der Waals surface area contributed by atoms with Crippen molar-refractivity contribution in [3.8, 4) is 11.8 Å². The second kappa shape index (κ2) is 7.68. The van der Waals surface area contributed by atoms with Crippen molar-refractivity contribution in [3.05, 3.63) is 34.9 Å². The van der Waals surface area contributed by atoms with E-state index in [0.29, 0.717) is 24.6 Å². The van der Waals surface area contributed by atoms with Crippen LogP contribution in [-0.4, -0.2) is 40.9 Å². The van der Waals surface area contributed by atoms with Crippen LogP contribution in [0, 0.1) is 17.8 Å². The summed E-state index contributed by atoms with van der Waals surface area (Å²) in [7, 11) is 0. The van der Waals surface area contributed by atoms with Crippen molar-refractivity contribution in [2.24, 2.45) is 5.92 Å². The van der Waals surface area contributed by atoms with Gasteiger partial charge in [0.15, 0.2) is 0 Å². The van der Waals surface area contributed by atoms with E-state index in [-0.39, 0.29) is 18.1 Å². The number of piperidine rings is 1.